The molecule has 0 atom stereocenters. The molecule has 0 bridgehead atoms. The minimum absolute atomic E-state index is 0.249. The van der Waals surface area contributed by atoms with E-state index in [1.165, 1.54) is 24.3 Å². The molecule has 30 heavy (non-hydrogen) atoms. The van der Waals surface area contributed by atoms with Crippen molar-refractivity contribution >= 4 is 34.3 Å². The SMILES string of the molecule is CNc1nc(NCc2ccc(C(=O)Nc3ccc(F)cc3)cc2)c2ccccc2n1. The van der Waals surface area contributed by atoms with Gasteiger partial charge in [-0.05, 0) is 54.1 Å². The van der Waals surface area contributed by atoms with Crippen molar-refractivity contribution in [2.75, 3.05) is 23.0 Å². The molecule has 0 fully saturated rings. The average Bonchev–Trinajstić information content (AvgIpc) is 2.79. The molecule has 0 aliphatic rings. The molecule has 1 amide bonds. The van der Waals surface area contributed by atoms with Gasteiger partial charge in [0, 0.05) is 30.2 Å². The van der Waals surface area contributed by atoms with Crippen molar-refractivity contribution in [3.63, 3.8) is 0 Å². The van der Waals surface area contributed by atoms with E-state index >= 15 is 0 Å². The maximum Gasteiger partial charge on any atom is 0.255 e. The van der Waals surface area contributed by atoms with Gasteiger partial charge in [0.05, 0.1) is 5.52 Å². The van der Waals surface area contributed by atoms with Crippen LogP contribution in [0.4, 0.5) is 21.8 Å². The maximum atomic E-state index is 13.0. The first-order valence-electron chi connectivity index (χ1n) is 9.46. The number of amides is 1. The molecule has 0 saturated carbocycles. The van der Waals surface area contributed by atoms with E-state index in [4.69, 9.17) is 0 Å². The minimum Gasteiger partial charge on any atom is -0.365 e. The number of hydrogen-bond donors (Lipinski definition) is 3. The summed E-state index contributed by atoms with van der Waals surface area (Å²) in [5, 5.41) is 10.0. The second kappa shape index (κ2) is 8.57. The van der Waals surface area contributed by atoms with Crippen molar-refractivity contribution in [3.8, 4) is 0 Å². The number of para-hydroxylation sites is 1. The van der Waals surface area contributed by atoms with Gasteiger partial charge in [-0.1, -0.05) is 24.3 Å². The molecule has 4 aromatic rings. The topological polar surface area (TPSA) is 78.9 Å². The number of rotatable bonds is 6. The predicted octanol–water partition coefficient (Wildman–Crippen LogP) is 4.68. The summed E-state index contributed by atoms with van der Waals surface area (Å²) in [4.78, 5) is 21.3. The van der Waals surface area contributed by atoms with Gasteiger partial charge in [0.2, 0.25) is 5.95 Å². The summed E-state index contributed by atoms with van der Waals surface area (Å²) in [6.07, 6.45) is 0. The first kappa shape index (κ1) is 19.3. The zero-order chi connectivity index (χ0) is 20.9. The normalized spacial score (nSPS) is 10.6. The van der Waals surface area contributed by atoms with Crippen LogP contribution in [0, 0.1) is 5.82 Å². The fraction of sp³-hybridized carbons (Fsp3) is 0.0870. The Balaban J connectivity index is 1.45. The van der Waals surface area contributed by atoms with Crippen molar-refractivity contribution in [1.29, 1.82) is 0 Å². The van der Waals surface area contributed by atoms with E-state index in [0.29, 0.717) is 23.7 Å². The number of aromatic nitrogens is 2. The molecule has 0 aliphatic heterocycles. The van der Waals surface area contributed by atoms with Gasteiger partial charge < -0.3 is 16.0 Å². The van der Waals surface area contributed by atoms with E-state index in [2.05, 4.69) is 25.9 Å². The van der Waals surface area contributed by atoms with Crippen molar-refractivity contribution in [2.24, 2.45) is 0 Å². The molecule has 3 aromatic carbocycles. The van der Waals surface area contributed by atoms with Crippen LogP contribution in [0.25, 0.3) is 10.9 Å². The number of benzene rings is 3. The Kier molecular flexibility index (Phi) is 5.52. The van der Waals surface area contributed by atoms with Gasteiger partial charge in [0.25, 0.3) is 5.91 Å². The molecule has 1 aromatic heterocycles. The van der Waals surface area contributed by atoms with Gasteiger partial charge in [-0.25, -0.2) is 9.37 Å². The van der Waals surface area contributed by atoms with Crippen LogP contribution in [0.15, 0.2) is 72.8 Å². The van der Waals surface area contributed by atoms with Gasteiger partial charge in [-0.15, -0.1) is 0 Å². The zero-order valence-electron chi connectivity index (χ0n) is 16.3. The highest BCUT2D eigenvalue weighted by molar-refractivity contribution is 6.04. The van der Waals surface area contributed by atoms with Crippen LogP contribution in [0.5, 0.6) is 0 Å². The molecular formula is C23H20FN5O. The van der Waals surface area contributed by atoms with Crippen molar-refractivity contribution < 1.29 is 9.18 Å². The predicted molar refractivity (Wildman–Crippen MR) is 117 cm³/mol. The van der Waals surface area contributed by atoms with Crippen LogP contribution >= 0.6 is 0 Å². The van der Waals surface area contributed by atoms with Crippen LogP contribution in [0.2, 0.25) is 0 Å². The summed E-state index contributed by atoms with van der Waals surface area (Å²) in [5.41, 5.74) is 2.92. The minimum atomic E-state index is -0.344. The third-order valence-electron chi connectivity index (χ3n) is 4.61. The number of carbonyl (C=O) groups is 1. The maximum absolute atomic E-state index is 13.0. The monoisotopic (exact) mass is 401 g/mol. The number of halogens is 1. The van der Waals surface area contributed by atoms with E-state index in [0.717, 1.165) is 22.3 Å². The molecule has 0 unspecified atom stereocenters. The lowest BCUT2D eigenvalue weighted by molar-refractivity contribution is 0.102. The summed E-state index contributed by atoms with van der Waals surface area (Å²) in [6, 6.07) is 20.7. The number of carbonyl (C=O) groups excluding carboxylic acids is 1. The Labute approximate surface area is 173 Å². The molecule has 0 saturated heterocycles. The second-order valence-electron chi connectivity index (χ2n) is 6.67. The van der Waals surface area contributed by atoms with Crippen molar-refractivity contribution in [1.82, 2.24) is 9.97 Å². The third-order valence-corrected chi connectivity index (χ3v) is 4.61. The van der Waals surface area contributed by atoms with E-state index in [9.17, 15) is 9.18 Å². The molecule has 6 nitrogen and oxygen atoms in total. The Morgan fingerprint density at radius 2 is 1.67 bits per heavy atom. The van der Waals surface area contributed by atoms with Crippen LogP contribution in [0.1, 0.15) is 15.9 Å². The van der Waals surface area contributed by atoms with Gasteiger partial charge in [-0.2, -0.15) is 4.98 Å². The van der Waals surface area contributed by atoms with Gasteiger partial charge >= 0.3 is 0 Å². The summed E-state index contributed by atoms with van der Waals surface area (Å²) >= 11 is 0. The van der Waals surface area contributed by atoms with Crippen LogP contribution in [-0.2, 0) is 6.54 Å². The number of hydrogen-bond acceptors (Lipinski definition) is 5. The summed E-state index contributed by atoms with van der Waals surface area (Å²) in [7, 11) is 1.78. The first-order chi connectivity index (χ1) is 14.6. The fourth-order valence-corrected chi connectivity index (χ4v) is 3.02. The third kappa shape index (κ3) is 4.35. The Bertz CT molecular complexity index is 1180. The zero-order valence-corrected chi connectivity index (χ0v) is 16.3. The highest BCUT2D eigenvalue weighted by Gasteiger charge is 2.08. The molecule has 0 aliphatic carbocycles. The number of nitrogens with zero attached hydrogens (tertiary/aromatic N) is 2. The molecule has 0 radical (unpaired) electrons. The molecular weight excluding hydrogens is 381 g/mol. The van der Waals surface area contributed by atoms with Gasteiger partial charge in [-0.3, -0.25) is 4.79 Å². The highest BCUT2D eigenvalue weighted by Crippen LogP contribution is 2.22. The molecule has 4 rings (SSSR count). The number of nitrogens with one attached hydrogen (secondary N) is 3. The summed E-state index contributed by atoms with van der Waals surface area (Å²) in [5.74, 6) is 0.692. The fourth-order valence-electron chi connectivity index (χ4n) is 3.02. The van der Waals surface area contributed by atoms with E-state index in [1.807, 2.05) is 36.4 Å². The van der Waals surface area contributed by atoms with Crippen LogP contribution < -0.4 is 16.0 Å². The van der Waals surface area contributed by atoms with Crippen LogP contribution in [-0.4, -0.2) is 22.9 Å². The quantitative estimate of drug-likeness (QED) is 0.437. The Hall–Kier alpha value is -4.00. The van der Waals surface area contributed by atoms with Gasteiger partial charge in [0.1, 0.15) is 11.6 Å². The molecule has 7 heteroatoms. The van der Waals surface area contributed by atoms with E-state index < -0.39 is 0 Å². The largest absolute Gasteiger partial charge is 0.365 e. The smallest absolute Gasteiger partial charge is 0.255 e. The second-order valence-corrected chi connectivity index (χ2v) is 6.67. The highest BCUT2D eigenvalue weighted by atomic mass is 19.1. The van der Waals surface area contributed by atoms with Gasteiger partial charge in [0.15, 0.2) is 0 Å². The molecule has 0 spiro atoms. The summed E-state index contributed by atoms with van der Waals surface area (Å²) < 4.78 is 13.0. The van der Waals surface area contributed by atoms with Crippen molar-refractivity contribution in [2.45, 2.75) is 6.54 Å². The number of fused-ring (bicyclic) bond motifs is 1. The lowest BCUT2D eigenvalue weighted by Gasteiger charge is -2.11. The molecule has 1 heterocycles. The lowest BCUT2D eigenvalue weighted by atomic mass is 10.1. The average molecular weight is 401 g/mol. The van der Waals surface area contributed by atoms with Crippen molar-refractivity contribution in [3.05, 3.63) is 89.7 Å². The number of anilines is 3. The van der Waals surface area contributed by atoms with E-state index in [1.54, 1.807) is 19.2 Å². The molecule has 3 N–H and O–H groups in total. The van der Waals surface area contributed by atoms with E-state index in [-0.39, 0.29) is 11.7 Å². The first-order valence-corrected chi connectivity index (χ1v) is 9.46. The molecule has 150 valence electrons. The lowest BCUT2D eigenvalue weighted by Crippen LogP contribution is -2.12. The standard InChI is InChI=1S/C23H20FN5O/c1-25-23-28-20-5-3-2-4-19(20)21(29-23)26-14-15-6-8-16(9-7-15)22(30)27-18-12-10-17(24)11-13-18/h2-13H,14H2,1H3,(H,27,30)(H2,25,26,28,29). The van der Waals surface area contributed by atoms with Crippen LogP contribution in [0.3, 0.4) is 0 Å². The Morgan fingerprint density at radius 1 is 0.933 bits per heavy atom. The Morgan fingerprint density at radius 3 is 2.40 bits per heavy atom. The summed E-state index contributed by atoms with van der Waals surface area (Å²) in [6.45, 7) is 0.546.